The number of hydrogen-bond acceptors (Lipinski definition) is 7. The van der Waals surface area contributed by atoms with Gasteiger partial charge in [0, 0.05) is 42.1 Å². The van der Waals surface area contributed by atoms with Gasteiger partial charge in [-0.25, -0.2) is 0 Å². The molecule has 6 N–H and O–H groups in total. The van der Waals surface area contributed by atoms with Gasteiger partial charge in [0.1, 0.15) is 11.5 Å². The summed E-state index contributed by atoms with van der Waals surface area (Å²) in [5.41, 5.74) is 14.5. The van der Waals surface area contributed by atoms with Crippen LogP contribution >= 0.6 is 0 Å². The zero-order valence-electron chi connectivity index (χ0n) is 19.9. The van der Waals surface area contributed by atoms with E-state index in [9.17, 15) is 0 Å². The molecule has 0 aliphatic heterocycles. The number of ether oxygens (including phenoxy) is 2. The van der Waals surface area contributed by atoms with Gasteiger partial charge in [-0.2, -0.15) is 0 Å². The van der Waals surface area contributed by atoms with Gasteiger partial charge in [0.05, 0.1) is 25.8 Å². The van der Waals surface area contributed by atoms with Gasteiger partial charge < -0.3 is 31.4 Å². The van der Waals surface area contributed by atoms with Crippen LogP contribution in [0.3, 0.4) is 0 Å². The van der Waals surface area contributed by atoms with E-state index >= 15 is 0 Å². The molecule has 0 fully saturated rings. The van der Waals surface area contributed by atoms with Crippen molar-refractivity contribution in [3.63, 3.8) is 0 Å². The lowest BCUT2D eigenvalue weighted by Crippen LogP contribution is -2.14. The molecule has 0 aliphatic carbocycles. The summed E-state index contributed by atoms with van der Waals surface area (Å²) >= 11 is 0. The van der Waals surface area contributed by atoms with Crippen molar-refractivity contribution in [1.82, 2.24) is 4.98 Å². The van der Waals surface area contributed by atoms with Crippen LogP contribution in [0.15, 0.2) is 85.1 Å². The van der Waals surface area contributed by atoms with E-state index in [1.165, 1.54) is 0 Å². The van der Waals surface area contributed by atoms with Crippen molar-refractivity contribution in [2.45, 2.75) is 19.6 Å². The Labute approximate surface area is 201 Å². The molecule has 0 bridgehead atoms. The Kier molecular flexibility index (Phi) is 11.3. The summed E-state index contributed by atoms with van der Waals surface area (Å²) in [6, 6.07) is 25.7. The third-order valence-electron chi connectivity index (χ3n) is 4.74. The van der Waals surface area contributed by atoms with Gasteiger partial charge in [0.25, 0.3) is 0 Å². The van der Waals surface area contributed by atoms with E-state index < -0.39 is 0 Å². The molecule has 1 unspecified atom stereocenters. The molecule has 0 radical (unpaired) electrons. The van der Waals surface area contributed by atoms with E-state index in [-0.39, 0.29) is 6.10 Å². The van der Waals surface area contributed by atoms with E-state index in [1.807, 2.05) is 78.9 Å². The number of nitrogens with two attached hydrogens (primary N) is 2. The standard InChI is InChI=1S/C16H14N2O.C8H11NO.C3H9NO/c1-19-13-7-8-14-15(9-10-17-16(14)11-13)18-12-5-3-2-4-6-12;1-10-8-4-2-7(6-9)3-5-8;1-3(5)2-4/h2-11H,1H3,(H,17,18);2-5H,6,9H2,1H3;3,5H,2,4H2,1H3. The number of fused-ring (bicyclic) bond motifs is 1. The lowest BCUT2D eigenvalue weighted by Gasteiger charge is -2.10. The van der Waals surface area contributed by atoms with Crippen molar-refractivity contribution in [2.75, 3.05) is 26.1 Å². The number of para-hydroxylation sites is 1. The minimum atomic E-state index is -0.338. The fraction of sp³-hybridized carbons (Fsp3) is 0.222. The molecule has 0 saturated carbocycles. The molecular formula is C27H34N4O3. The number of aliphatic hydroxyl groups is 1. The first-order valence-corrected chi connectivity index (χ1v) is 11.0. The second-order valence-electron chi connectivity index (χ2n) is 7.37. The summed E-state index contributed by atoms with van der Waals surface area (Å²) in [6.45, 7) is 2.60. The zero-order valence-corrected chi connectivity index (χ0v) is 19.9. The number of hydrogen-bond donors (Lipinski definition) is 4. The Morgan fingerprint density at radius 3 is 2.06 bits per heavy atom. The van der Waals surface area contributed by atoms with Gasteiger partial charge in [0.15, 0.2) is 0 Å². The van der Waals surface area contributed by atoms with E-state index in [0.717, 1.165) is 39.3 Å². The van der Waals surface area contributed by atoms with Crippen LogP contribution in [-0.2, 0) is 6.54 Å². The molecule has 0 aliphatic rings. The predicted molar refractivity (Wildman–Crippen MR) is 140 cm³/mol. The van der Waals surface area contributed by atoms with Crippen LogP contribution in [-0.4, -0.2) is 37.0 Å². The Morgan fingerprint density at radius 1 is 0.882 bits per heavy atom. The van der Waals surface area contributed by atoms with Crippen molar-refractivity contribution in [2.24, 2.45) is 11.5 Å². The van der Waals surface area contributed by atoms with E-state index in [1.54, 1.807) is 27.3 Å². The van der Waals surface area contributed by atoms with Gasteiger partial charge in [-0.05, 0) is 55.0 Å². The summed E-state index contributed by atoms with van der Waals surface area (Å²) < 4.78 is 10.2. The van der Waals surface area contributed by atoms with E-state index in [4.69, 9.17) is 26.0 Å². The molecule has 1 heterocycles. The Balaban J connectivity index is 0.000000228. The highest BCUT2D eigenvalue weighted by molar-refractivity contribution is 5.93. The number of benzene rings is 3. The number of aliphatic hydroxyl groups excluding tert-OH is 1. The van der Waals surface area contributed by atoms with Crippen LogP contribution in [0.1, 0.15) is 12.5 Å². The topological polar surface area (TPSA) is 116 Å². The molecule has 34 heavy (non-hydrogen) atoms. The smallest absolute Gasteiger partial charge is 0.121 e. The highest BCUT2D eigenvalue weighted by Crippen LogP contribution is 2.27. The average molecular weight is 463 g/mol. The monoisotopic (exact) mass is 462 g/mol. The predicted octanol–water partition coefficient (Wildman–Crippen LogP) is 4.47. The first-order valence-electron chi connectivity index (χ1n) is 11.0. The first-order chi connectivity index (χ1) is 16.5. The summed E-state index contributed by atoms with van der Waals surface area (Å²) in [6.07, 6.45) is 1.46. The molecule has 7 nitrogen and oxygen atoms in total. The number of pyridine rings is 1. The summed E-state index contributed by atoms with van der Waals surface area (Å²) in [4.78, 5) is 4.37. The lowest BCUT2D eigenvalue weighted by atomic mass is 10.1. The van der Waals surface area contributed by atoms with Gasteiger partial charge in [0.2, 0.25) is 0 Å². The highest BCUT2D eigenvalue weighted by Gasteiger charge is 2.03. The number of aromatic nitrogens is 1. The summed E-state index contributed by atoms with van der Waals surface area (Å²) in [7, 11) is 3.31. The second-order valence-corrected chi connectivity index (χ2v) is 7.37. The zero-order chi connectivity index (χ0) is 24.8. The van der Waals surface area contributed by atoms with Crippen LogP contribution in [0.5, 0.6) is 11.5 Å². The van der Waals surface area contributed by atoms with Gasteiger partial charge >= 0.3 is 0 Å². The number of nitrogens with zero attached hydrogens (tertiary/aromatic N) is 1. The molecular weight excluding hydrogens is 428 g/mol. The quantitative estimate of drug-likeness (QED) is 0.334. The number of anilines is 2. The molecule has 4 aromatic rings. The number of methoxy groups -OCH3 is 2. The van der Waals surface area contributed by atoms with E-state index in [0.29, 0.717) is 13.1 Å². The largest absolute Gasteiger partial charge is 0.497 e. The molecule has 1 aromatic heterocycles. The molecule has 3 aromatic carbocycles. The molecule has 180 valence electrons. The maximum Gasteiger partial charge on any atom is 0.121 e. The molecule has 0 spiro atoms. The van der Waals surface area contributed by atoms with Gasteiger partial charge in [-0.15, -0.1) is 0 Å². The second kappa shape index (κ2) is 14.5. The Bertz CT molecular complexity index is 1080. The van der Waals surface area contributed by atoms with Crippen molar-refractivity contribution >= 4 is 22.3 Å². The lowest BCUT2D eigenvalue weighted by molar-refractivity contribution is 0.203. The Hall–Kier alpha value is -3.65. The van der Waals surface area contributed by atoms with Crippen LogP contribution in [0.4, 0.5) is 11.4 Å². The van der Waals surface area contributed by atoms with Gasteiger partial charge in [-0.1, -0.05) is 30.3 Å². The summed E-state index contributed by atoms with van der Waals surface area (Å²) in [5, 5.41) is 12.7. The summed E-state index contributed by atoms with van der Waals surface area (Å²) in [5.74, 6) is 1.69. The van der Waals surface area contributed by atoms with Crippen LogP contribution < -0.4 is 26.3 Å². The van der Waals surface area contributed by atoms with Crippen molar-refractivity contribution in [3.8, 4) is 11.5 Å². The third-order valence-corrected chi connectivity index (χ3v) is 4.74. The van der Waals surface area contributed by atoms with Crippen molar-refractivity contribution < 1.29 is 14.6 Å². The maximum absolute atomic E-state index is 8.24. The van der Waals surface area contributed by atoms with Crippen molar-refractivity contribution in [3.05, 3.63) is 90.6 Å². The third kappa shape index (κ3) is 8.71. The van der Waals surface area contributed by atoms with Crippen molar-refractivity contribution in [1.29, 1.82) is 0 Å². The number of nitrogens with one attached hydrogen (secondary N) is 1. The minimum absolute atomic E-state index is 0.338. The molecule has 1 atom stereocenters. The Morgan fingerprint density at radius 2 is 1.50 bits per heavy atom. The fourth-order valence-corrected chi connectivity index (χ4v) is 2.80. The highest BCUT2D eigenvalue weighted by atomic mass is 16.5. The normalized spacial score (nSPS) is 10.8. The minimum Gasteiger partial charge on any atom is -0.497 e. The fourth-order valence-electron chi connectivity index (χ4n) is 2.80. The molecule has 0 amide bonds. The first kappa shape index (κ1) is 26.6. The maximum atomic E-state index is 8.24. The molecule has 7 heteroatoms. The molecule has 4 rings (SSSR count). The molecule has 0 saturated heterocycles. The van der Waals surface area contributed by atoms with E-state index in [2.05, 4.69) is 10.3 Å². The average Bonchev–Trinajstić information content (AvgIpc) is 2.90. The van der Waals surface area contributed by atoms with Gasteiger partial charge in [-0.3, -0.25) is 4.98 Å². The number of rotatable bonds is 6. The van der Waals surface area contributed by atoms with Crippen LogP contribution in [0.2, 0.25) is 0 Å². The van der Waals surface area contributed by atoms with Crippen LogP contribution in [0, 0.1) is 0 Å². The van der Waals surface area contributed by atoms with Crippen LogP contribution in [0.25, 0.3) is 10.9 Å². The SMILES string of the molecule is CC(O)CN.COc1ccc(CN)cc1.COc1ccc2c(Nc3ccccc3)ccnc2c1.